The van der Waals surface area contributed by atoms with Crippen molar-refractivity contribution in [2.75, 3.05) is 25.0 Å². The Morgan fingerprint density at radius 2 is 2.13 bits per heavy atom. The van der Waals surface area contributed by atoms with Gasteiger partial charge in [0.25, 0.3) is 0 Å². The van der Waals surface area contributed by atoms with Crippen molar-refractivity contribution in [3.63, 3.8) is 0 Å². The highest BCUT2D eigenvalue weighted by Crippen LogP contribution is 2.34. The van der Waals surface area contributed by atoms with E-state index in [9.17, 15) is 8.42 Å². The second-order valence-electron chi connectivity index (χ2n) is 8.16. The number of halogens is 1. The van der Waals surface area contributed by atoms with E-state index >= 15 is 0 Å². The summed E-state index contributed by atoms with van der Waals surface area (Å²) in [5, 5.41) is 4.67. The molecule has 4 heterocycles. The molecule has 1 atom stereocenters. The van der Waals surface area contributed by atoms with Crippen LogP contribution in [0.5, 0.6) is 0 Å². The van der Waals surface area contributed by atoms with Crippen molar-refractivity contribution >= 4 is 38.5 Å². The van der Waals surface area contributed by atoms with Gasteiger partial charge < -0.3 is 10.3 Å². The topological polar surface area (TPSA) is 91.0 Å². The quantitative estimate of drug-likeness (QED) is 0.561. The van der Waals surface area contributed by atoms with Crippen molar-refractivity contribution in [1.29, 1.82) is 0 Å². The van der Waals surface area contributed by atoms with E-state index in [4.69, 9.17) is 11.6 Å². The Morgan fingerprint density at radius 1 is 1.27 bits per heavy atom. The summed E-state index contributed by atoms with van der Waals surface area (Å²) in [4.78, 5) is 11.9. The number of sulfonamides is 1. The van der Waals surface area contributed by atoms with Crippen LogP contribution in [0.3, 0.4) is 0 Å². The molecule has 9 heteroatoms. The molecule has 0 amide bonds. The minimum Gasteiger partial charge on any atom is -0.370 e. The molecule has 1 unspecified atom stereocenters. The molecule has 0 radical (unpaired) electrons. The molecule has 2 aliphatic rings. The number of nitrogens with zero attached hydrogens (tertiary/aromatic N) is 3. The summed E-state index contributed by atoms with van der Waals surface area (Å²) >= 11 is 6.30. The maximum absolute atomic E-state index is 12.6. The maximum atomic E-state index is 12.6. The van der Waals surface area contributed by atoms with Gasteiger partial charge >= 0.3 is 0 Å². The Bertz CT molecular complexity index is 1180. The number of aromatic nitrogens is 3. The maximum Gasteiger partial charge on any atom is 0.216 e. The number of piperidine rings is 1. The Morgan fingerprint density at radius 3 is 2.97 bits per heavy atom. The number of fused-ring (bicyclic) bond motifs is 1. The van der Waals surface area contributed by atoms with E-state index in [2.05, 4.69) is 20.3 Å². The van der Waals surface area contributed by atoms with Gasteiger partial charge in [0, 0.05) is 43.0 Å². The van der Waals surface area contributed by atoms with E-state index in [1.165, 1.54) is 0 Å². The van der Waals surface area contributed by atoms with Gasteiger partial charge in [-0.2, -0.15) is 0 Å². The molecule has 0 spiro atoms. The molecule has 158 valence electrons. The zero-order valence-corrected chi connectivity index (χ0v) is 18.1. The third kappa shape index (κ3) is 3.91. The first-order valence-corrected chi connectivity index (χ1v) is 12.2. The van der Waals surface area contributed by atoms with Crippen LogP contribution in [0.25, 0.3) is 22.2 Å². The zero-order valence-electron chi connectivity index (χ0n) is 16.5. The van der Waals surface area contributed by atoms with Crippen LogP contribution >= 0.6 is 11.6 Å². The molecule has 5 rings (SSSR count). The molecule has 30 heavy (non-hydrogen) atoms. The first-order valence-electron chi connectivity index (χ1n) is 10.3. The van der Waals surface area contributed by atoms with Crippen LogP contribution in [0.2, 0.25) is 5.15 Å². The van der Waals surface area contributed by atoms with Crippen LogP contribution in [0.4, 0.5) is 5.82 Å². The van der Waals surface area contributed by atoms with Crippen LogP contribution in [-0.4, -0.2) is 52.6 Å². The average Bonchev–Trinajstić information content (AvgIpc) is 3.52. The predicted molar refractivity (Wildman–Crippen MR) is 119 cm³/mol. The summed E-state index contributed by atoms with van der Waals surface area (Å²) in [6.07, 6.45) is 7.20. The fourth-order valence-corrected chi connectivity index (χ4v) is 6.35. The Kier molecular flexibility index (Phi) is 5.16. The third-order valence-corrected chi connectivity index (χ3v) is 8.47. The normalized spacial score (nSPS) is 20.5. The monoisotopic (exact) mass is 445 g/mol. The molecule has 0 aromatic carbocycles. The van der Waals surface area contributed by atoms with Gasteiger partial charge in [-0.3, -0.25) is 0 Å². The molecule has 7 nitrogen and oxygen atoms in total. The van der Waals surface area contributed by atoms with Crippen LogP contribution in [0.15, 0.2) is 36.7 Å². The number of H-pyrrole nitrogens is 1. The zero-order chi connectivity index (χ0) is 20.7. The van der Waals surface area contributed by atoms with Crippen molar-refractivity contribution in [2.45, 2.75) is 30.9 Å². The van der Waals surface area contributed by atoms with E-state index in [1.807, 2.05) is 30.5 Å². The second kappa shape index (κ2) is 7.83. The fourth-order valence-electron chi connectivity index (χ4n) is 4.19. The van der Waals surface area contributed by atoms with E-state index in [0.29, 0.717) is 30.6 Å². The van der Waals surface area contributed by atoms with Gasteiger partial charge in [-0.15, -0.1) is 0 Å². The van der Waals surface area contributed by atoms with E-state index < -0.39 is 10.0 Å². The lowest BCUT2D eigenvalue weighted by Crippen LogP contribution is -2.43. The molecule has 3 aromatic rings. The van der Waals surface area contributed by atoms with Crippen LogP contribution in [0.1, 0.15) is 25.7 Å². The number of pyridine rings is 2. The van der Waals surface area contributed by atoms with Crippen molar-refractivity contribution in [1.82, 2.24) is 19.3 Å². The lowest BCUT2D eigenvalue weighted by molar-refractivity contribution is 0.275. The summed E-state index contributed by atoms with van der Waals surface area (Å²) in [6, 6.07) is 7.74. The van der Waals surface area contributed by atoms with E-state index in [0.717, 1.165) is 47.8 Å². The number of nitrogens with one attached hydrogen (secondary N) is 2. The molecule has 0 bridgehead atoms. The lowest BCUT2D eigenvalue weighted by Gasteiger charge is -2.32. The Hall–Kier alpha value is -2.16. The summed E-state index contributed by atoms with van der Waals surface area (Å²) in [6.45, 7) is 1.88. The van der Waals surface area contributed by atoms with E-state index in [1.54, 1.807) is 10.5 Å². The Balaban J connectivity index is 1.31. The fraction of sp³-hybridized carbons (Fsp3) is 0.429. The molecule has 1 saturated carbocycles. The molecule has 3 aromatic heterocycles. The summed E-state index contributed by atoms with van der Waals surface area (Å²) < 4.78 is 26.8. The highest BCUT2D eigenvalue weighted by atomic mass is 35.5. The number of anilines is 1. The van der Waals surface area contributed by atoms with Gasteiger partial charge in [0.1, 0.15) is 16.6 Å². The molecule has 2 N–H and O–H groups in total. The van der Waals surface area contributed by atoms with E-state index in [-0.39, 0.29) is 11.2 Å². The van der Waals surface area contributed by atoms with Crippen LogP contribution in [0, 0.1) is 5.92 Å². The minimum absolute atomic E-state index is 0.146. The average molecular weight is 446 g/mol. The number of aromatic amines is 1. The molecule has 2 fully saturated rings. The first-order chi connectivity index (χ1) is 14.5. The van der Waals surface area contributed by atoms with Crippen molar-refractivity contribution < 1.29 is 8.42 Å². The number of hydrogen-bond acceptors (Lipinski definition) is 5. The summed E-state index contributed by atoms with van der Waals surface area (Å²) in [5.74, 6) is 0.951. The molecular formula is C21H24ClN5O2S. The molecular weight excluding hydrogens is 422 g/mol. The molecule has 1 saturated heterocycles. The summed E-state index contributed by atoms with van der Waals surface area (Å²) in [5.41, 5.74) is 2.80. The minimum atomic E-state index is -3.11. The van der Waals surface area contributed by atoms with Gasteiger partial charge in [0.2, 0.25) is 10.0 Å². The first kappa shape index (κ1) is 19.8. The third-order valence-electron chi connectivity index (χ3n) is 5.92. The highest BCUT2D eigenvalue weighted by molar-refractivity contribution is 7.90. The molecule has 1 aliphatic carbocycles. The van der Waals surface area contributed by atoms with Gasteiger partial charge in [-0.1, -0.05) is 11.6 Å². The van der Waals surface area contributed by atoms with Gasteiger partial charge in [0.05, 0.1) is 5.25 Å². The molecule has 1 aliphatic heterocycles. The van der Waals surface area contributed by atoms with Crippen molar-refractivity contribution in [2.24, 2.45) is 5.92 Å². The highest BCUT2D eigenvalue weighted by Gasteiger charge is 2.41. The number of rotatable bonds is 6. The van der Waals surface area contributed by atoms with Gasteiger partial charge in [0.15, 0.2) is 0 Å². The summed E-state index contributed by atoms with van der Waals surface area (Å²) in [7, 11) is -3.11. The van der Waals surface area contributed by atoms with Crippen LogP contribution < -0.4 is 5.32 Å². The number of hydrogen-bond donors (Lipinski definition) is 2. The van der Waals surface area contributed by atoms with Crippen molar-refractivity contribution in [3.8, 4) is 11.1 Å². The van der Waals surface area contributed by atoms with Gasteiger partial charge in [-0.25, -0.2) is 22.7 Å². The Labute approximate surface area is 180 Å². The van der Waals surface area contributed by atoms with Gasteiger partial charge in [-0.05, 0) is 61.4 Å². The van der Waals surface area contributed by atoms with Crippen LogP contribution in [-0.2, 0) is 10.0 Å². The predicted octanol–water partition coefficient (Wildman–Crippen LogP) is 3.89. The smallest absolute Gasteiger partial charge is 0.216 e. The largest absolute Gasteiger partial charge is 0.370 e. The lowest BCUT2D eigenvalue weighted by atomic mass is 10.00. The standard InChI is InChI=1S/C21H24ClN5O2S/c22-19-9-15(18-12-25-21-17(18)4-1-7-23-21)10-20(26-19)24-11-14-3-2-8-27(13-14)30(28,29)16-5-6-16/h1,4,7,9-10,12,14,16H,2-3,5-6,8,11,13H2,(H,23,25)(H,24,26). The second-order valence-corrected chi connectivity index (χ2v) is 10.8. The van der Waals surface area contributed by atoms with Crippen molar-refractivity contribution in [3.05, 3.63) is 41.8 Å². The SMILES string of the molecule is O=S(=O)(C1CC1)N1CCCC(CNc2cc(-c3c[nH]c4ncccc34)cc(Cl)n2)C1.